The standard InChI is InChI=1S/C7H6N2O3S/c8-5(10)1-2-6-9-3-4(13-6)7(11)12/h1-3H,(H2,8,10)(H,11,12). The number of aromatic carboxylic acids is 1. The molecule has 1 amide bonds. The number of carboxylic acids is 1. The number of hydrogen-bond donors (Lipinski definition) is 2. The van der Waals surface area contributed by atoms with Crippen LogP contribution in [0.15, 0.2) is 12.3 Å². The molecule has 0 aliphatic rings. The number of carboxylic acid groups (broad SMARTS) is 1. The molecule has 0 aliphatic carbocycles. The molecular weight excluding hydrogens is 192 g/mol. The van der Waals surface area contributed by atoms with Crippen LogP contribution in [-0.2, 0) is 4.79 Å². The van der Waals surface area contributed by atoms with Gasteiger partial charge in [-0.15, -0.1) is 11.3 Å². The highest BCUT2D eigenvalue weighted by Crippen LogP contribution is 2.13. The van der Waals surface area contributed by atoms with Crippen LogP contribution in [0, 0.1) is 0 Å². The Labute approximate surface area is 77.5 Å². The first-order chi connectivity index (χ1) is 6.09. The zero-order valence-corrected chi connectivity index (χ0v) is 7.25. The minimum atomic E-state index is -1.03. The Morgan fingerprint density at radius 2 is 2.31 bits per heavy atom. The van der Waals surface area contributed by atoms with Crippen molar-refractivity contribution in [1.29, 1.82) is 0 Å². The first-order valence-corrected chi connectivity index (χ1v) is 4.08. The number of thiazole rings is 1. The summed E-state index contributed by atoms with van der Waals surface area (Å²) in [4.78, 5) is 24.6. The maximum absolute atomic E-state index is 10.4. The summed E-state index contributed by atoms with van der Waals surface area (Å²) in [5, 5.41) is 8.97. The fourth-order valence-electron chi connectivity index (χ4n) is 0.617. The van der Waals surface area contributed by atoms with Crippen LogP contribution in [0.3, 0.4) is 0 Å². The molecule has 0 radical (unpaired) electrons. The number of amides is 1. The van der Waals surface area contributed by atoms with E-state index in [9.17, 15) is 9.59 Å². The van der Waals surface area contributed by atoms with E-state index in [1.165, 1.54) is 12.3 Å². The van der Waals surface area contributed by atoms with Crippen molar-refractivity contribution in [3.05, 3.63) is 22.2 Å². The average Bonchev–Trinajstić information content (AvgIpc) is 2.48. The molecule has 0 fully saturated rings. The molecule has 13 heavy (non-hydrogen) atoms. The van der Waals surface area contributed by atoms with Crippen LogP contribution in [0.5, 0.6) is 0 Å². The normalized spacial score (nSPS) is 10.5. The Kier molecular flexibility index (Phi) is 2.76. The van der Waals surface area contributed by atoms with Gasteiger partial charge in [-0.1, -0.05) is 0 Å². The Bertz CT molecular complexity index is 370. The summed E-state index contributed by atoms with van der Waals surface area (Å²) in [7, 11) is 0. The number of nitrogens with zero attached hydrogens (tertiary/aromatic N) is 1. The van der Waals surface area contributed by atoms with Crippen LogP contribution in [0.1, 0.15) is 14.7 Å². The van der Waals surface area contributed by atoms with Crippen molar-refractivity contribution in [3.8, 4) is 0 Å². The van der Waals surface area contributed by atoms with Gasteiger partial charge in [0, 0.05) is 6.08 Å². The van der Waals surface area contributed by atoms with Crippen molar-refractivity contribution in [1.82, 2.24) is 4.98 Å². The summed E-state index contributed by atoms with van der Waals surface area (Å²) >= 11 is 0.978. The molecule has 0 atom stereocenters. The van der Waals surface area contributed by atoms with E-state index in [0.717, 1.165) is 17.4 Å². The summed E-state index contributed by atoms with van der Waals surface area (Å²) in [6, 6.07) is 0. The van der Waals surface area contributed by atoms with Gasteiger partial charge < -0.3 is 10.8 Å². The molecular formula is C7H6N2O3S. The largest absolute Gasteiger partial charge is 0.477 e. The lowest BCUT2D eigenvalue weighted by Crippen LogP contribution is -2.04. The molecule has 1 aromatic rings. The Balaban J connectivity index is 2.80. The maximum atomic E-state index is 10.4. The minimum absolute atomic E-state index is 0.129. The fraction of sp³-hybridized carbons (Fsp3) is 0. The van der Waals surface area contributed by atoms with Gasteiger partial charge >= 0.3 is 5.97 Å². The lowest BCUT2D eigenvalue weighted by Gasteiger charge is -1.81. The molecule has 1 aromatic heterocycles. The number of aromatic nitrogens is 1. The Hall–Kier alpha value is -1.69. The van der Waals surface area contributed by atoms with Crippen molar-refractivity contribution < 1.29 is 14.7 Å². The van der Waals surface area contributed by atoms with Gasteiger partial charge in [0.1, 0.15) is 9.88 Å². The van der Waals surface area contributed by atoms with Gasteiger partial charge in [0.25, 0.3) is 0 Å². The highest BCUT2D eigenvalue weighted by Gasteiger charge is 2.05. The smallest absolute Gasteiger partial charge is 0.347 e. The number of rotatable bonds is 3. The second-order valence-corrected chi connectivity index (χ2v) is 3.17. The van der Waals surface area contributed by atoms with Crippen LogP contribution in [-0.4, -0.2) is 22.0 Å². The number of carbonyl (C=O) groups excluding carboxylic acids is 1. The SMILES string of the molecule is NC(=O)C=Cc1ncc(C(=O)O)s1. The van der Waals surface area contributed by atoms with E-state index in [-0.39, 0.29) is 4.88 Å². The molecule has 0 aromatic carbocycles. The van der Waals surface area contributed by atoms with Crippen molar-refractivity contribution in [2.45, 2.75) is 0 Å². The lowest BCUT2D eigenvalue weighted by atomic mass is 10.5. The molecule has 68 valence electrons. The molecule has 0 saturated carbocycles. The van der Waals surface area contributed by atoms with Crippen LogP contribution in [0.25, 0.3) is 6.08 Å². The molecule has 0 aliphatic heterocycles. The van der Waals surface area contributed by atoms with E-state index in [0.29, 0.717) is 5.01 Å². The van der Waals surface area contributed by atoms with Gasteiger partial charge in [-0.25, -0.2) is 9.78 Å². The molecule has 1 rings (SSSR count). The first-order valence-electron chi connectivity index (χ1n) is 3.26. The molecule has 0 saturated heterocycles. The number of primary amides is 1. The molecule has 0 bridgehead atoms. The van der Waals surface area contributed by atoms with Gasteiger partial charge in [-0.3, -0.25) is 4.79 Å². The van der Waals surface area contributed by atoms with E-state index in [1.807, 2.05) is 0 Å². The van der Waals surface area contributed by atoms with E-state index >= 15 is 0 Å². The highest BCUT2D eigenvalue weighted by atomic mass is 32.1. The number of nitrogens with two attached hydrogens (primary N) is 1. The lowest BCUT2D eigenvalue weighted by molar-refractivity contribution is -0.113. The predicted octanol–water partition coefficient (Wildman–Crippen LogP) is 0.340. The molecule has 6 heteroatoms. The van der Waals surface area contributed by atoms with Crippen molar-refractivity contribution in [3.63, 3.8) is 0 Å². The Morgan fingerprint density at radius 3 is 2.77 bits per heavy atom. The topological polar surface area (TPSA) is 93.3 Å². The monoisotopic (exact) mass is 198 g/mol. The average molecular weight is 198 g/mol. The first kappa shape index (κ1) is 9.40. The third kappa shape index (κ3) is 2.68. The molecule has 5 nitrogen and oxygen atoms in total. The Morgan fingerprint density at radius 1 is 1.62 bits per heavy atom. The van der Waals surface area contributed by atoms with Gasteiger partial charge in [0.05, 0.1) is 6.20 Å². The van der Waals surface area contributed by atoms with Gasteiger partial charge in [0.2, 0.25) is 5.91 Å². The van der Waals surface area contributed by atoms with Crippen LogP contribution in [0.4, 0.5) is 0 Å². The zero-order chi connectivity index (χ0) is 9.84. The molecule has 1 heterocycles. The van der Waals surface area contributed by atoms with Gasteiger partial charge in [-0.2, -0.15) is 0 Å². The summed E-state index contributed by atoms with van der Waals surface area (Å²) in [6.45, 7) is 0. The summed E-state index contributed by atoms with van der Waals surface area (Å²) in [5.74, 6) is -1.62. The van der Waals surface area contributed by atoms with Crippen molar-refractivity contribution >= 4 is 29.3 Å². The fourth-order valence-corrected chi connectivity index (χ4v) is 1.28. The number of hydrogen-bond acceptors (Lipinski definition) is 4. The van der Waals surface area contributed by atoms with Crippen LogP contribution < -0.4 is 5.73 Å². The molecule has 0 unspecified atom stereocenters. The van der Waals surface area contributed by atoms with Crippen molar-refractivity contribution in [2.75, 3.05) is 0 Å². The number of carbonyl (C=O) groups is 2. The molecule has 3 N–H and O–H groups in total. The second kappa shape index (κ2) is 3.81. The minimum Gasteiger partial charge on any atom is -0.477 e. The summed E-state index contributed by atoms with van der Waals surface area (Å²) < 4.78 is 0. The maximum Gasteiger partial charge on any atom is 0.347 e. The molecule has 0 spiro atoms. The van der Waals surface area contributed by atoms with Gasteiger partial charge in [0.15, 0.2) is 0 Å². The summed E-state index contributed by atoms with van der Waals surface area (Å²) in [6.07, 6.45) is 3.73. The second-order valence-electron chi connectivity index (χ2n) is 2.10. The van der Waals surface area contributed by atoms with E-state index in [2.05, 4.69) is 4.98 Å². The zero-order valence-electron chi connectivity index (χ0n) is 6.43. The van der Waals surface area contributed by atoms with Crippen LogP contribution in [0.2, 0.25) is 0 Å². The predicted molar refractivity (Wildman–Crippen MR) is 47.3 cm³/mol. The van der Waals surface area contributed by atoms with E-state index in [4.69, 9.17) is 10.8 Å². The van der Waals surface area contributed by atoms with Gasteiger partial charge in [-0.05, 0) is 6.08 Å². The highest BCUT2D eigenvalue weighted by molar-refractivity contribution is 7.14. The summed E-state index contributed by atoms with van der Waals surface area (Å²) in [5.41, 5.74) is 4.84. The quantitative estimate of drug-likeness (QED) is 0.685. The van der Waals surface area contributed by atoms with E-state index < -0.39 is 11.9 Å². The third-order valence-electron chi connectivity index (χ3n) is 1.12. The van der Waals surface area contributed by atoms with E-state index in [1.54, 1.807) is 0 Å². The third-order valence-corrected chi connectivity index (χ3v) is 2.08. The van der Waals surface area contributed by atoms with Crippen LogP contribution >= 0.6 is 11.3 Å². The van der Waals surface area contributed by atoms with Crippen molar-refractivity contribution in [2.24, 2.45) is 5.73 Å².